The number of aryl methyl sites for hydroxylation is 1. The minimum absolute atomic E-state index is 0.0318. The number of para-hydroxylation sites is 2. The van der Waals surface area contributed by atoms with E-state index in [1.165, 1.54) is 30.3 Å². The summed E-state index contributed by atoms with van der Waals surface area (Å²) in [7, 11) is 0. The zero-order valence-electron chi connectivity index (χ0n) is 11.9. The van der Waals surface area contributed by atoms with Gasteiger partial charge in [-0.3, -0.25) is 4.79 Å². The molecule has 9 heteroatoms. The molecule has 0 fully saturated rings. The van der Waals surface area contributed by atoms with Crippen LogP contribution < -0.4 is 10.1 Å². The number of amides is 1. The van der Waals surface area contributed by atoms with Gasteiger partial charge < -0.3 is 19.3 Å². The zero-order valence-corrected chi connectivity index (χ0v) is 11.9. The van der Waals surface area contributed by atoms with Crippen LogP contribution in [0, 0.1) is 6.92 Å². The van der Waals surface area contributed by atoms with Crippen LogP contribution in [-0.2, 0) is 9.53 Å². The van der Waals surface area contributed by atoms with Crippen molar-refractivity contribution >= 4 is 17.6 Å². The zero-order chi connectivity index (χ0) is 16.8. The molecule has 0 spiro atoms. The lowest BCUT2D eigenvalue weighted by Gasteiger charge is -2.11. The Balaban J connectivity index is 1.91. The number of esters is 1. The third-order valence-electron chi connectivity index (χ3n) is 2.54. The van der Waals surface area contributed by atoms with E-state index >= 15 is 0 Å². The highest BCUT2D eigenvalue weighted by molar-refractivity contribution is 5.95. The summed E-state index contributed by atoms with van der Waals surface area (Å²) in [5.41, 5.74) is 0.517. The van der Waals surface area contributed by atoms with Crippen molar-refractivity contribution in [3.05, 3.63) is 41.8 Å². The van der Waals surface area contributed by atoms with Crippen molar-refractivity contribution in [2.75, 3.05) is 11.9 Å². The van der Waals surface area contributed by atoms with Gasteiger partial charge in [0.25, 0.3) is 5.91 Å². The largest absolute Gasteiger partial charge is 0.450 e. The molecule has 0 saturated carbocycles. The number of rotatable bonds is 6. The normalized spacial score (nSPS) is 10.4. The Morgan fingerprint density at radius 2 is 2.09 bits per heavy atom. The van der Waals surface area contributed by atoms with Crippen LogP contribution in [0.5, 0.6) is 5.75 Å². The van der Waals surface area contributed by atoms with E-state index in [9.17, 15) is 18.4 Å². The van der Waals surface area contributed by atoms with Crippen molar-refractivity contribution in [3.8, 4) is 5.75 Å². The monoisotopic (exact) mass is 326 g/mol. The van der Waals surface area contributed by atoms with Crippen LogP contribution >= 0.6 is 0 Å². The topological polar surface area (TPSA) is 90.7 Å². The molecule has 1 amide bonds. The van der Waals surface area contributed by atoms with E-state index < -0.39 is 25.1 Å². The molecule has 0 unspecified atom stereocenters. The molecule has 7 nitrogen and oxygen atoms in total. The van der Waals surface area contributed by atoms with Gasteiger partial charge in [-0.05, 0) is 19.1 Å². The van der Waals surface area contributed by atoms with Crippen molar-refractivity contribution in [2.24, 2.45) is 0 Å². The van der Waals surface area contributed by atoms with Gasteiger partial charge in [0.05, 0.1) is 11.4 Å². The fourth-order valence-corrected chi connectivity index (χ4v) is 1.62. The Hall–Kier alpha value is -2.97. The fraction of sp³-hybridized carbons (Fsp3) is 0.214. The van der Waals surface area contributed by atoms with Gasteiger partial charge >= 0.3 is 12.6 Å². The number of nitrogens with one attached hydrogen (secondary N) is 1. The second-order valence-electron chi connectivity index (χ2n) is 4.33. The fourth-order valence-electron chi connectivity index (χ4n) is 1.62. The van der Waals surface area contributed by atoms with Crippen LogP contribution in [0.15, 0.2) is 34.9 Å². The van der Waals surface area contributed by atoms with Crippen LogP contribution in [0.1, 0.15) is 16.2 Å². The van der Waals surface area contributed by atoms with E-state index in [1.54, 1.807) is 6.92 Å². The van der Waals surface area contributed by atoms with Crippen LogP contribution in [0.2, 0.25) is 0 Å². The number of alkyl halides is 2. The Labute approximate surface area is 129 Å². The molecule has 0 radical (unpaired) electrons. The van der Waals surface area contributed by atoms with Crippen molar-refractivity contribution < 1.29 is 32.4 Å². The average Bonchev–Trinajstić information content (AvgIpc) is 2.93. The summed E-state index contributed by atoms with van der Waals surface area (Å²) in [6.45, 7) is -2.03. The van der Waals surface area contributed by atoms with Crippen molar-refractivity contribution in [3.63, 3.8) is 0 Å². The van der Waals surface area contributed by atoms with E-state index in [4.69, 9.17) is 4.74 Å². The number of carbonyl (C=O) groups is 2. The number of anilines is 1. The SMILES string of the molecule is Cc1cc(C(=O)OCC(=O)Nc2ccccc2OC(F)F)on1. The van der Waals surface area contributed by atoms with Crippen LogP contribution in [0.4, 0.5) is 14.5 Å². The lowest BCUT2D eigenvalue weighted by Crippen LogP contribution is -2.21. The number of nitrogens with zero attached hydrogens (tertiary/aromatic N) is 1. The first-order valence-electron chi connectivity index (χ1n) is 6.40. The van der Waals surface area contributed by atoms with E-state index in [0.717, 1.165) is 0 Å². The molecule has 1 aromatic carbocycles. The highest BCUT2D eigenvalue weighted by Crippen LogP contribution is 2.25. The number of ether oxygens (including phenoxy) is 2. The van der Waals surface area contributed by atoms with Crippen LogP contribution in [0.3, 0.4) is 0 Å². The first kappa shape index (κ1) is 16.4. The van der Waals surface area contributed by atoms with Gasteiger partial charge in [0.2, 0.25) is 5.76 Å². The molecule has 1 aromatic heterocycles. The standard InChI is InChI=1S/C14H12F2N2O5/c1-8-6-11(23-18-8)13(20)21-7-12(19)17-9-4-2-3-5-10(9)22-14(15)16/h2-6,14H,7H2,1H3,(H,17,19). The maximum Gasteiger partial charge on any atom is 0.387 e. The molecule has 1 heterocycles. The van der Waals surface area contributed by atoms with Crippen molar-refractivity contribution in [1.29, 1.82) is 0 Å². The summed E-state index contributed by atoms with van der Waals surface area (Å²) in [6.07, 6.45) is 0. The molecule has 23 heavy (non-hydrogen) atoms. The Bertz CT molecular complexity index is 702. The molecule has 2 aromatic rings. The summed E-state index contributed by atoms with van der Waals surface area (Å²) in [5.74, 6) is -1.93. The smallest absolute Gasteiger partial charge is 0.387 e. The molecule has 1 N–H and O–H groups in total. The van der Waals surface area contributed by atoms with Gasteiger partial charge in [0, 0.05) is 6.07 Å². The third kappa shape index (κ3) is 4.77. The van der Waals surface area contributed by atoms with Crippen LogP contribution in [-0.4, -0.2) is 30.3 Å². The van der Waals surface area contributed by atoms with Crippen molar-refractivity contribution in [2.45, 2.75) is 13.5 Å². The Morgan fingerprint density at radius 1 is 1.35 bits per heavy atom. The predicted octanol–water partition coefficient (Wildman–Crippen LogP) is 2.38. The molecular weight excluding hydrogens is 314 g/mol. The summed E-state index contributed by atoms with van der Waals surface area (Å²) in [5, 5.41) is 5.81. The molecule has 0 aliphatic heterocycles. The minimum Gasteiger partial charge on any atom is -0.450 e. The molecule has 0 aliphatic carbocycles. The number of hydrogen-bond donors (Lipinski definition) is 1. The van der Waals surface area contributed by atoms with E-state index in [2.05, 4.69) is 19.7 Å². The maximum absolute atomic E-state index is 12.3. The lowest BCUT2D eigenvalue weighted by molar-refractivity contribution is -0.119. The molecule has 0 saturated heterocycles. The average molecular weight is 326 g/mol. The quantitative estimate of drug-likeness (QED) is 0.820. The van der Waals surface area contributed by atoms with Gasteiger partial charge in [-0.2, -0.15) is 8.78 Å². The maximum atomic E-state index is 12.3. The number of halogens is 2. The second kappa shape index (κ2) is 7.34. The highest BCUT2D eigenvalue weighted by Gasteiger charge is 2.16. The highest BCUT2D eigenvalue weighted by atomic mass is 19.3. The number of aromatic nitrogens is 1. The molecule has 122 valence electrons. The van der Waals surface area contributed by atoms with E-state index in [-0.39, 0.29) is 17.2 Å². The summed E-state index contributed by atoms with van der Waals surface area (Å²) in [6, 6.07) is 6.99. The van der Waals surface area contributed by atoms with Gasteiger partial charge in [-0.25, -0.2) is 4.79 Å². The first-order valence-corrected chi connectivity index (χ1v) is 6.40. The van der Waals surface area contributed by atoms with E-state index in [0.29, 0.717) is 5.69 Å². The van der Waals surface area contributed by atoms with Gasteiger partial charge in [-0.1, -0.05) is 17.3 Å². The molecule has 0 atom stereocenters. The third-order valence-corrected chi connectivity index (χ3v) is 2.54. The summed E-state index contributed by atoms with van der Waals surface area (Å²) < 4.78 is 38.2. The number of carbonyl (C=O) groups excluding carboxylic acids is 2. The summed E-state index contributed by atoms with van der Waals surface area (Å²) >= 11 is 0. The molecular formula is C14H12F2N2O5. The lowest BCUT2D eigenvalue weighted by atomic mass is 10.3. The Morgan fingerprint density at radius 3 is 2.74 bits per heavy atom. The molecule has 2 rings (SSSR count). The number of benzene rings is 1. The Kier molecular flexibility index (Phi) is 5.23. The number of hydrogen-bond acceptors (Lipinski definition) is 6. The second-order valence-corrected chi connectivity index (χ2v) is 4.33. The van der Waals surface area contributed by atoms with Crippen molar-refractivity contribution in [1.82, 2.24) is 5.16 Å². The minimum atomic E-state index is -3.03. The van der Waals surface area contributed by atoms with Gasteiger partial charge in [0.15, 0.2) is 6.61 Å². The van der Waals surface area contributed by atoms with Crippen LogP contribution in [0.25, 0.3) is 0 Å². The predicted molar refractivity (Wildman–Crippen MR) is 73.2 cm³/mol. The summed E-state index contributed by atoms with van der Waals surface area (Å²) in [4.78, 5) is 23.3. The molecule has 0 aliphatic rings. The molecule has 0 bridgehead atoms. The van der Waals surface area contributed by atoms with Gasteiger partial charge in [-0.15, -0.1) is 0 Å². The first-order chi connectivity index (χ1) is 11.0. The van der Waals surface area contributed by atoms with Gasteiger partial charge in [0.1, 0.15) is 5.75 Å². The van der Waals surface area contributed by atoms with E-state index in [1.807, 2.05) is 0 Å².